The molecule has 0 aliphatic rings. The van der Waals surface area contributed by atoms with Crippen LogP contribution in [-0.4, -0.2) is 30.8 Å². The number of benzene rings is 3. The lowest BCUT2D eigenvalue weighted by atomic mass is 10.2. The van der Waals surface area contributed by atoms with Gasteiger partial charge in [0.2, 0.25) is 0 Å². The van der Waals surface area contributed by atoms with E-state index in [2.05, 4.69) is 10.3 Å². The van der Waals surface area contributed by atoms with Gasteiger partial charge in [0.15, 0.2) is 0 Å². The van der Waals surface area contributed by atoms with E-state index in [0.717, 1.165) is 12.2 Å². The van der Waals surface area contributed by atoms with E-state index in [1.807, 2.05) is 31.2 Å². The molecule has 1 N–H and O–H groups in total. The Morgan fingerprint density at radius 1 is 0.914 bits per heavy atom. The molecule has 8 heteroatoms. The van der Waals surface area contributed by atoms with Crippen LogP contribution < -0.4 is 20.4 Å². The Kier molecular flexibility index (Phi) is 7.96. The van der Waals surface area contributed by atoms with Crippen molar-refractivity contribution in [2.75, 3.05) is 25.1 Å². The molecule has 0 saturated carbocycles. The van der Waals surface area contributed by atoms with Crippen LogP contribution in [0.4, 0.5) is 11.7 Å². The summed E-state index contributed by atoms with van der Waals surface area (Å²) in [5, 5.41) is 3.42. The van der Waals surface area contributed by atoms with E-state index in [9.17, 15) is 9.59 Å². The third kappa shape index (κ3) is 6.60. The Labute approximate surface area is 202 Å². The maximum absolute atomic E-state index is 12.2. The van der Waals surface area contributed by atoms with Gasteiger partial charge in [0.25, 0.3) is 0 Å². The van der Waals surface area contributed by atoms with Crippen LogP contribution in [0.25, 0.3) is 10.9 Å². The second-order valence-electron chi connectivity index (χ2n) is 7.69. The normalized spacial score (nSPS) is 10.7. The Balaban J connectivity index is 1.24. The molecule has 0 aliphatic carbocycles. The van der Waals surface area contributed by atoms with Crippen LogP contribution >= 0.6 is 0 Å². The summed E-state index contributed by atoms with van der Waals surface area (Å²) in [6, 6.07) is 21.2. The zero-order chi connectivity index (χ0) is 24.5. The van der Waals surface area contributed by atoms with Crippen molar-refractivity contribution in [3.05, 3.63) is 88.8 Å². The molecule has 1 aromatic heterocycles. The van der Waals surface area contributed by atoms with Crippen LogP contribution in [0.2, 0.25) is 0 Å². The highest BCUT2D eigenvalue weighted by Gasteiger charge is 2.08. The molecule has 35 heavy (non-hydrogen) atoms. The van der Waals surface area contributed by atoms with Crippen molar-refractivity contribution >= 4 is 28.6 Å². The van der Waals surface area contributed by atoms with Crippen molar-refractivity contribution < 1.29 is 23.4 Å². The minimum Gasteiger partial charge on any atom is -0.494 e. The molecule has 180 valence electrons. The molecule has 4 rings (SSSR count). The first-order chi connectivity index (χ1) is 17.1. The molecule has 1 heterocycles. The maximum atomic E-state index is 12.2. The number of esters is 1. The minimum absolute atomic E-state index is 0.0997. The van der Waals surface area contributed by atoms with Crippen LogP contribution in [0.5, 0.6) is 11.5 Å². The summed E-state index contributed by atoms with van der Waals surface area (Å²) in [6.45, 7) is 3.27. The molecule has 0 unspecified atom stereocenters. The highest BCUT2D eigenvalue weighted by Crippen LogP contribution is 2.21. The number of ether oxygens (including phenoxy) is 3. The number of nitrogens with zero attached hydrogens (tertiary/aromatic N) is 1. The number of nitrogens with one attached hydrogen (secondary N) is 1. The van der Waals surface area contributed by atoms with E-state index >= 15 is 0 Å². The smallest absolute Gasteiger partial charge is 0.348 e. The van der Waals surface area contributed by atoms with Crippen LogP contribution in [-0.2, 0) is 4.74 Å². The fourth-order valence-electron chi connectivity index (χ4n) is 3.26. The molecule has 8 nitrogen and oxygen atoms in total. The quantitative estimate of drug-likeness (QED) is 0.229. The number of anilines is 2. The Bertz CT molecular complexity index is 1330. The number of rotatable bonds is 11. The first-order valence-corrected chi connectivity index (χ1v) is 11.4. The Morgan fingerprint density at radius 3 is 2.54 bits per heavy atom. The third-order valence-electron chi connectivity index (χ3n) is 4.97. The van der Waals surface area contributed by atoms with E-state index < -0.39 is 5.63 Å². The van der Waals surface area contributed by atoms with Crippen LogP contribution in [0.15, 0.2) is 82.0 Å². The summed E-state index contributed by atoms with van der Waals surface area (Å²) in [5.41, 5.74) is 1.23. The molecular formula is C27H26N2O6. The first kappa shape index (κ1) is 23.8. The topological polar surface area (TPSA) is 99.9 Å². The largest absolute Gasteiger partial charge is 0.494 e. The zero-order valence-electron chi connectivity index (χ0n) is 19.4. The van der Waals surface area contributed by atoms with Crippen molar-refractivity contribution in [3.8, 4) is 11.5 Å². The van der Waals surface area contributed by atoms with Gasteiger partial charge in [0.05, 0.1) is 36.3 Å². The van der Waals surface area contributed by atoms with Crippen LogP contribution in [0.1, 0.15) is 30.1 Å². The molecule has 0 aliphatic heterocycles. The van der Waals surface area contributed by atoms with E-state index in [-0.39, 0.29) is 18.6 Å². The molecule has 4 aromatic rings. The number of hydrogen-bond acceptors (Lipinski definition) is 8. The van der Waals surface area contributed by atoms with E-state index in [1.165, 1.54) is 0 Å². The summed E-state index contributed by atoms with van der Waals surface area (Å²) in [4.78, 5) is 28.6. The number of aromatic nitrogens is 1. The standard InChI is InChI=1S/C27H26N2O6/c1-2-15-32-21-13-11-19(12-14-21)25(30)34-17-6-16-33-22-8-5-7-20(18-22)28-27-29-24-10-4-3-9-23(24)26(31)35-27/h3-5,7-14,18H,2,6,15-17H2,1H3,(H,28,29). The lowest BCUT2D eigenvalue weighted by Crippen LogP contribution is -2.09. The van der Waals surface area contributed by atoms with Crippen LogP contribution in [0, 0.1) is 0 Å². The summed E-state index contributed by atoms with van der Waals surface area (Å²) in [5.74, 6) is 0.960. The van der Waals surface area contributed by atoms with Gasteiger partial charge in [-0.15, -0.1) is 0 Å². The average molecular weight is 475 g/mol. The highest BCUT2D eigenvalue weighted by atomic mass is 16.5. The van der Waals surface area contributed by atoms with Gasteiger partial charge in [-0.1, -0.05) is 25.1 Å². The van der Waals surface area contributed by atoms with E-state index in [1.54, 1.807) is 48.5 Å². The van der Waals surface area contributed by atoms with E-state index in [0.29, 0.717) is 47.5 Å². The minimum atomic E-state index is -0.458. The fraction of sp³-hybridized carbons (Fsp3) is 0.222. The van der Waals surface area contributed by atoms with Gasteiger partial charge in [-0.25, -0.2) is 9.59 Å². The van der Waals surface area contributed by atoms with Crippen molar-refractivity contribution in [1.29, 1.82) is 0 Å². The van der Waals surface area contributed by atoms with Gasteiger partial charge >= 0.3 is 17.6 Å². The fourth-order valence-corrected chi connectivity index (χ4v) is 3.26. The second kappa shape index (κ2) is 11.7. The average Bonchev–Trinajstić information content (AvgIpc) is 2.88. The number of para-hydroxylation sites is 1. The first-order valence-electron chi connectivity index (χ1n) is 11.4. The molecule has 0 amide bonds. The summed E-state index contributed by atoms with van der Waals surface area (Å²) in [6.07, 6.45) is 1.45. The van der Waals surface area contributed by atoms with Gasteiger partial charge in [0, 0.05) is 18.2 Å². The van der Waals surface area contributed by atoms with Gasteiger partial charge in [-0.2, -0.15) is 4.98 Å². The molecule has 0 spiro atoms. The van der Waals surface area contributed by atoms with Crippen molar-refractivity contribution in [2.45, 2.75) is 19.8 Å². The third-order valence-corrected chi connectivity index (χ3v) is 4.97. The van der Waals surface area contributed by atoms with Crippen molar-refractivity contribution in [1.82, 2.24) is 4.98 Å². The molecule has 0 fully saturated rings. The number of fused-ring (bicyclic) bond motifs is 1. The molecule has 0 atom stereocenters. The second-order valence-corrected chi connectivity index (χ2v) is 7.69. The maximum Gasteiger partial charge on any atom is 0.348 e. The van der Waals surface area contributed by atoms with Gasteiger partial charge in [-0.3, -0.25) is 0 Å². The summed E-state index contributed by atoms with van der Waals surface area (Å²) < 4.78 is 21.8. The SMILES string of the molecule is CCCOc1ccc(C(=O)OCCCOc2cccc(Nc3nc4ccccc4c(=O)o3)c2)cc1. The van der Waals surface area contributed by atoms with Crippen LogP contribution in [0.3, 0.4) is 0 Å². The molecule has 0 bridgehead atoms. The predicted molar refractivity (Wildman–Crippen MR) is 133 cm³/mol. The highest BCUT2D eigenvalue weighted by molar-refractivity contribution is 5.89. The predicted octanol–water partition coefficient (Wildman–Crippen LogP) is 5.35. The monoisotopic (exact) mass is 474 g/mol. The van der Waals surface area contributed by atoms with E-state index in [4.69, 9.17) is 18.6 Å². The van der Waals surface area contributed by atoms with Gasteiger partial charge in [0.1, 0.15) is 11.5 Å². The lowest BCUT2D eigenvalue weighted by molar-refractivity contribution is 0.0486. The summed E-state index contributed by atoms with van der Waals surface area (Å²) in [7, 11) is 0. The number of carbonyl (C=O) groups is 1. The van der Waals surface area contributed by atoms with Crippen molar-refractivity contribution in [2.24, 2.45) is 0 Å². The van der Waals surface area contributed by atoms with Gasteiger partial charge < -0.3 is 23.9 Å². The lowest BCUT2D eigenvalue weighted by Gasteiger charge is -2.10. The Hall–Kier alpha value is -4.33. The van der Waals surface area contributed by atoms with Gasteiger partial charge in [-0.05, 0) is 55.0 Å². The number of hydrogen-bond donors (Lipinski definition) is 1. The van der Waals surface area contributed by atoms with Crippen molar-refractivity contribution in [3.63, 3.8) is 0 Å². The number of carbonyl (C=O) groups excluding carboxylic acids is 1. The zero-order valence-corrected chi connectivity index (χ0v) is 19.4. The molecular weight excluding hydrogens is 448 g/mol. The Morgan fingerprint density at radius 2 is 1.71 bits per heavy atom. The molecule has 0 radical (unpaired) electrons. The summed E-state index contributed by atoms with van der Waals surface area (Å²) >= 11 is 0. The molecule has 0 saturated heterocycles. The molecule has 3 aromatic carbocycles.